The maximum Gasteiger partial charge on any atom is 0.272 e. The van der Waals surface area contributed by atoms with Gasteiger partial charge in [0.25, 0.3) is 5.91 Å². The van der Waals surface area contributed by atoms with Gasteiger partial charge in [-0.1, -0.05) is 23.4 Å². The highest BCUT2D eigenvalue weighted by atomic mass is 32.2. The monoisotopic (exact) mass is 461 g/mol. The summed E-state index contributed by atoms with van der Waals surface area (Å²) in [5.41, 5.74) is 1.54. The summed E-state index contributed by atoms with van der Waals surface area (Å²) in [5.74, 6) is 0.0664. The van der Waals surface area contributed by atoms with Crippen LogP contribution in [0.25, 0.3) is 5.69 Å². The second-order valence-corrected chi connectivity index (χ2v) is 9.61. The summed E-state index contributed by atoms with van der Waals surface area (Å²) < 4.78 is 34.8. The number of nitrogens with one attached hydrogen (secondary N) is 1. The Morgan fingerprint density at radius 2 is 1.87 bits per heavy atom. The maximum atomic E-state index is 13.3. The van der Waals surface area contributed by atoms with Crippen LogP contribution < -0.4 is 0 Å². The molecule has 4 rings (SSSR count). The molecule has 1 aliphatic heterocycles. The lowest BCUT2D eigenvalue weighted by atomic mass is 10.3. The van der Waals surface area contributed by atoms with Crippen LogP contribution in [0.1, 0.15) is 28.4 Å². The zero-order valence-corrected chi connectivity index (χ0v) is 18.9. The second kappa shape index (κ2) is 8.40. The van der Waals surface area contributed by atoms with Gasteiger partial charge < -0.3 is 14.4 Å². The fraction of sp³-hybridized carbons (Fsp3) is 0.350. The van der Waals surface area contributed by atoms with Crippen molar-refractivity contribution in [1.29, 1.82) is 0 Å². The van der Waals surface area contributed by atoms with E-state index in [9.17, 15) is 13.2 Å². The van der Waals surface area contributed by atoms with E-state index in [1.54, 1.807) is 29.5 Å². The summed E-state index contributed by atoms with van der Waals surface area (Å²) in [6, 6.07) is 9.40. The van der Waals surface area contributed by atoms with Crippen LogP contribution in [-0.2, 0) is 10.0 Å². The largest absolute Gasteiger partial charge is 0.360 e. The average Bonchev–Trinajstić information content (AvgIpc) is 3.18. The van der Waals surface area contributed by atoms with Crippen molar-refractivity contribution >= 4 is 28.1 Å². The molecule has 0 aliphatic carbocycles. The Balaban J connectivity index is 1.57. The van der Waals surface area contributed by atoms with Gasteiger partial charge in [0.1, 0.15) is 16.3 Å². The zero-order chi connectivity index (χ0) is 22.2. The molecule has 0 unspecified atom stereocenters. The van der Waals surface area contributed by atoms with Crippen LogP contribution in [0.5, 0.6) is 0 Å². The minimum atomic E-state index is -3.75. The molecule has 3 aromatic rings. The second-order valence-electron chi connectivity index (χ2n) is 7.35. The molecule has 0 spiro atoms. The van der Waals surface area contributed by atoms with Gasteiger partial charge in [-0.2, -0.15) is 4.31 Å². The normalized spacial score (nSPS) is 15.7. The Bertz CT molecular complexity index is 1240. The predicted octanol–water partition coefficient (Wildman–Crippen LogP) is 2.68. The number of aromatic nitrogens is 3. The number of carbonyl (C=O) groups is 1. The number of nitrogens with zero attached hydrogens (tertiary/aromatic N) is 4. The number of rotatable bonds is 4. The molecular formula is C20H23N5O4S2. The third-order valence-corrected chi connectivity index (χ3v) is 7.76. The van der Waals surface area contributed by atoms with Crippen molar-refractivity contribution in [3.05, 3.63) is 58.4 Å². The Morgan fingerprint density at radius 3 is 2.55 bits per heavy atom. The quantitative estimate of drug-likeness (QED) is 0.599. The van der Waals surface area contributed by atoms with Gasteiger partial charge in [-0.15, -0.1) is 0 Å². The van der Waals surface area contributed by atoms with Crippen molar-refractivity contribution in [3.63, 3.8) is 0 Å². The van der Waals surface area contributed by atoms with Crippen molar-refractivity contribution < 1.29 is 17.7 Å². The van der Waals surface area contributed by atoms with Crippen LogP contribution in [0, 0.1) is 18.6 Å². The van der Waals surface area contributed by atoms with Crippen molar-refractivity contribution in [2.45, 2.75) is 25.2 Å². The lowest BCUT2D eigenvalue weighted by Crippen LogP contribution is -2.38. The first kappa shape index (κ1) is 21.5. The van der Waals surface area contributed by atoms with Gasteiger partial charge in [0, 0.05) is 38.1 Å². The number of benzene rings is 1. The Labute approximate surface area is 185 Å². The molecule has 1 amide bonds. The zero-order valence-electron chi connectivity index (χ0n) is 17.2. The molecule has 1 saturated heterocycles. The number of carbonyl (C=O) groups excluding carboxylic acids is 1. The van der Waals surface area contributed by atoms with Crippen LogP contribution in [0.3, 0.4) is 0 Å². The highest BCUT2D eigenvalue weighted by Crippen LogP contribution is 2.24. The number of aromatic amines is 1. The molecule has 31 heavy (non-hydrogen) atoms. The number of H-pyrrole nitrogens is 1. The molecule has 9 nitrogen and oxygen atoms in total. The van der Waals surface area contributed by atoms with E-state index in [1.165, 1.54) is 4.31 Å². The fourth-order valence-corrected chi connectivity index (χ4v) is 5.85. The molecule has 0 bridgehead atoms. The predicted molar refractivity (Wildman–Crippen MR) is 116 cm³/mol. The number of amides is 1. The standard InChI is InChI=1S/C20H23N5O4S2/c1-14-18(15(2)29-22-14)31(27,28)24-10-6-9-23(11-12-24)19(26)17-13-21-20(30)25(17)16-7-4-3-5-8-16/h3-5,7-8,13H,6,9-12H2,1-2H3,(H,21,30). The summed E-state index contributed by atoms with van der Waals surface area (Å²) in [4.78, 5) is 18.0. The summed E-state index contributed by atoms with van der Waals surface area (Å²) in [5, 5.41) is 3.76. The highest BCUT2D eigenvalue weighted by molar-refractivity contribution is 7.89. The van der Waals surface area contributed by atoms with Crippen LogP contribution in [0.4, 0.5) is 0 Å². The fourth-order valence-electron chi connectivity index (χ4n) is 3.83. The van der Waals surface area contributed by atoms with Crippen molar-refractivity contribution in [2.24, 2.45) is 0 Å². The van der Waals surface area contributed by atoms with Crippen LogP contribution in [0.2, 0.25) is 0 Å². The molecule has 0 saturated carbocycles. The summed E-state index contributed by atoms with van der Waals surface area (Å²) in [7, 11) is -3.75. The summed E-state index contributed by atoms with van der Waals surface area (Å²) in [6.45, 7) is 4.41. The van der Waals surface area contributed by atoms with E-state index in [-0.39, 0.29) is 29.7 Å². The minimum absolute atomic E-state index is 0.107. The first-order chi connectivity index (χ1) is 14.8. The lowest BCUT2D eigenvalue weighted by molar-refractivity contribution is 0.0756. The van der Waals surface area contributed by atoms with Gasteiger partial charge in [-0.25, -0.2) is 8.42 Å². The Hall–Kier alpha value is -2.76. The van der Waals surface area contributed by atoms with E-state index < -0.39 is 10.0 Å². The van der Waals surface area contributed by atoms with E-state index in [0.717, 1.165) is 5.69 Å². The molecule has 1 N–H and O–H groups in total. The molecule has 3 heterocycles. The van der Waals surface area contributed by atoms with Gasteiger partial charge in [0.15, 0.2) is 10.5 Å². The van der Waals surface area contributed by atoms with E-state index in [4.69, 9.17) is 16.7 Å². The molecule has 0 radical (unpaired) electrons. The smallest absolute Gasteiger partial charge is 0.272 e. The number of hydrogen-bond acceptors (Lipinski definition) is 6. The number of aryl methyl sites for hydroxylation is 2. The number of para-hydroxylation sites is 1. The van der Waals surface area contributed by atoms with E-state index >= 15 is 0 Å². The highest BCUT2D eigenvalue weighted by Gasteiger charge is 2.33. The summed E-state index contributed by atoms with van der Waals surface area (Å²) in [6.07, 6.45) is 2.12. The third kappa shape index (κ3) is 3.95. The summed E-state index contributed by atoms with van der Waals surface area (Å²) >= 11 is 5.37. The Kier molecular flexibility index (Phi) is 5.82. The van der Waals surface area contributed by atoms with Crippen molar-refractivity contribution in [1.82, 2.24) is 23.9 Å². The lowest BCUT2D eigenvalue weighted by Gasteiger charge is -2.22. The topological polar surface area (TPSA) is 104 Å². The van der Waals surface area contributed by atoms with Gasteiger partial charge in [-0.05, 0) is 44.6 Å². The Morgan fingerprint density at radius 1 is 1.13 bits per heavy atom. The maximum absolute atomic E-state index is 13.3. The molecule has 11 heteroatoms. The molecule has 164 valence electrons. The first-order valence-corrected chi connectivity index (χ1v) is 11.7. The van der Waals surface area contributed by atoms with E-state index in [0.29, 0.717) is 35.7 Å². The van der Waals surface area contributed by atoms with Gasteiger partial charge >= 0.3 is 0 Å². The van der Waals surface area contributed by atoms with Crippen molar-refractivity contribution in [3.8, 4) is 5.69 Å². The van der Waals surface area contributed by atoms with Crippen LogP contribution in [0.15, 0.2) is 45.9 Å². The third-order valence-electron chi connectivity index (χ3n) is 5.32. The first-order valence-electron chi connectivity index (χ1n) is 9.89. The SMILES string of the molecule is Cc1noc(C)c1S(=O)(=O)N1CCCN(C(=O)c2c[nH]c(=S)n2-c2ccccc2)CC1. The van der Waals surface area contributed by atoms with E-state index in [1.807, 2.05) is 30.3 Å². The van der Waals surface area contributed by atoms with Crippen molar-refractivity contribution in [2.75, 3.05) is 26.2 Å². The number of hydrogen-bond donors (Lipinski definition) is 1. The van der Waals surface area contributed by atoms with Gasteiger partial charge in [0.2, 0.25) is 10.0 Å². The molecule has 1 fully saturated rings. The molecule has 0 atom stereocenters. The molecule has 2 aromatic heterocycles. The molecule has 1 aromatic carbocycles. The molecular weight excluding hydrogens is 438 g/mol. The van der Waals surface area contributed by atoms with Crippen LogP contribution in [-0.4, -0.2) is 64.4 Å². The van der Waals surface area contributed by atoms with Gasteiger partial charge in [-0.3, -0.25) is 9.36 Å². The average molecular weight is 462 g/mol. The van der Waals surface area contributed by atoms with Crippen LogP contribution >= 0.6 is 12.2 Å². The number of sulfonamides is 1. The van der Waals surface area contributed by atoms with E-state index in [2.05, 4.69) is 10.1 Å². The molecule has 1 aliphatic rings. The number of imidazole rings is 1. The minimum Gasteiger partial charge on any atom is -0.360 e. The van der Waals surface area contributed by atoms with Gasteiger partial charge in [0.05, 0.1) is 0 Å².